The van der Waals surface area contributed by atoms with Gasteiger partial charge >= 0.3 is 5.97 Å². The van der Waals surface area contributed by atoms with Crippen molar-refractivity contribution in [3.05, 3.63) is 66.0 Å². The fourth-order valence-electron chi connectivity index (χ4n) is 3.90. The van der Waals surface area contributed by atoms with Crippen LogP contribution in [0.2, 0.25) is 0 Å². The number of carboxylic acid groups (broad SMARTS) is 1. The Balaban J connectivity index is 0.000000538. The lowest BCUT2D eigenvalue weighted by molar-refractivity contribution is -0.142. The summed E-state index contributed by atoms with van der Waals surface area (Å²) < 4.78 is 0. The number of carbonyl (C=O) groups excluding carboxylic acids is 2. The highest BCUT2D eigenvalue weighted by Gasteiger charge is 2.30. The van der Waals surface area contributed by atoms with E-state index >= 15 is 0 Å². The number of amides is 2. The van der Waals surface area contributed by atoms with Gasteiger partial charge < -0.3 is 15.3 Å². The Hall–Kier alpha value is -4.10. The molecule has 38 heavy (non-hydrogen) atoms. The molecule has 2 heterocycles. The molecule has 1 aliphatic heterocycles. The first kappa shape index (κ1) is 30.1. The molecule has 3 rings (SSSR count). The lowest BCUT2D eigenvalue weighted by atomic mass is 9.91. The van der Waals surface area contributed by atoms with Crippen LogP contribution in [0.4, 0.5) is 0 Å². The molecular weight excluding hydrogens is 478 g/mol. The highest BCUT2D eigenvalue weighted by atomic mass is 16.4. The Labute approximate surface area is 226 Å². The van der Waals surface area contributed by atoms with Crippen LogP contribution in [0, 0.1) is 35.5 Å². The molecule has 200 valence electrons. The van der Waals surface area contributed by atoms with Gasteiger partial charge in [0.15, 0.2) is 0 Å². The van der Waals surface area contributed by atoms with Gasteiger partial charge in [0, 0.05) is 35.8 Å². The molecule has 0 unspecified atom stereocenters. The lowest BCUT2D eigenvalue weighted by Crippen LogP contribution is -2.48. The van der Waals surface area contributed by atoms with Gasteiger partial charge in [0.1, 0.15) is 6.04 Å². The van der Waals surface area contributed by atoms with E-state index in [1.807, 2.05) is 63.2 Å². The zero-order valence-electron chi connectivity index (χ0n) is 22.4. The second-order valence-electron chi connectivity index (χ2n) is 10.2. The maximum absolute atomic E-state index is 12.8. The molecule has 7 heteroatoms. The van der Waals surface area contributed by atoms with Crippen molar-refractivity contribution in [2.24, 2.45) is 11.3 Å². The van der Waals surface area contributed by atoms with Crippen LogP contribution in [0.1, 0.15) is 57.6 Å². The topological polar surface area (TPSA) is 99.6 Å². The minimum absolute atomic E-state index is 0.0129. The molecule has 0 aliphatic carbocycles. The zero-order valence-corrected chi connectivity index (χ0v) is 22.4. The van der Waals surface area contributed by atoms with E-state index in [0.29, 0.717) is 6.54 Å². The van der Waals surface area contributed by atoms with E-state index in [4.69, 9.17) is 11.5 Å². The van der Waals surface area contributed by atoms with E-state index in [1.54, 1.807) is 17.3 Å². The number of nitrogens with one attached hydrogen (secondary N) is 1. The number of benzene rings is 1. The molecule has 7 nitrogen and oxygen atoms in total. The Morgan fingerprint density at radius 1 is 1.18 bits per heavy atom. The minimum Gasteiger partial charge on any atom is -0.481 e. The second kappa shape index (κ2) is 15.2. The SMILES string of the molecule is C#Cc1ccccc1.CC(C)(C)C#C[C@@H](CC(=O)O)NC(=O)CN1CCC[C@@H](CCc2ccncc2)C1=O. The minimum atomic E-state index is -1.03. The van der Waals surface area contributed by atoms with Gasteiger partial charge in [-0.3, -0.25) is 19.4 Å². The summed E-state index contributed by atoms with van der Waals surface area (Å²) in [5.74, 6) is 6.81. The summed E-state index contributed by atoms with van der Waals surface area (Å²) in [6, 6.07) is 12.7. The molecule has 2 atom stereocenters. The molecule has 1 fully saturated rings. The molecule has 1 saturated heterocycles. The van der Waals surface area contributed by atoms with Crippen molar-refractivity contribution >= 4 is 17.8 Å². The lowest BCUT2D eigenvalue weighted by Gasteiger charge is -2.32. The molecule has 1 aromatic heterocycles. The molecule has 2 amide bonds. The molecule has 0 radical (unpaired) electrons. The van der Waals surface area contributed by atoms with Gasteiger partial charge in [-0.1, -0.05) is 36.0 Å². The fraction of sp³-hybridized carbons (Fsp3) is 0.419. The van der Waals surface area contributed by atoms with Gasteiger partial charge in [0.25, 0.3) is 0 Å². The first-order valence-electron chi connectivity index (χ1n) is 12.8. The molecule has 1 aromatic carbocycles. The number of nitrogens with zero attached hydrogens (tertiary/aromatic N) is 2. The van der Waals surface area contributed by atoms with Crippen molar-refractivity contribution in [1.29, 1.82) is 0 Å². The standard InChI is InChI=1S/C23H31N3O4.C8H6/c1-23(2,3)11-8-19(15-21(28)29)25-20(27)16-26-14-4-5-18(22(26)30)7-6-17-9-12-24-13-10-17;1-2-8-6-4-3-5-7-8/h9-10,12-13,18-19H,4-7,14-16H2,1-3H3,(H,25,27)(H,28,29);1,3-7H/t18-,19-;/m0./s1. The predicted octanol–water partition coefficient (Wildman–Crippen LogP) is 3.93. The average Bonchev–Trinajstić information content (AvgIpc) is 2.88. The van der Waals surface area contributed by atoms with E-state index in [1.165, 1.54) is 0 Å². The summed E-state index contributed by atoms with van der Waals surface area (Å²) in [7, 11) is 0. The number of carboxylic acids is 1. The first-order chi connectivity index (χ1) is 18.1. The third-order valence-electron chi connectivity index (χ3n) is 5.78. The third kappa shape index (κ3) is 11.8. The molecule has 1 aliphatic rings. The maximum atomic E-state index is 12.8. The van der Waals surface area contributed by atoms with Gasteiger partial charge in [-0.15, -0.1) is 6.42 Å². The van der Waals surface area contributed by atoms with Crippen molar-refractivity contribution < 1.29 is 19.5 Å². The van der Waals surface area contributed by atoms with Crippen LogP contribution in [0.15, 0.2) is 54.9 Å². The summed E-state index contributed by atoms with van der Waals surface area (Å²) >= 11 is 0. The number of aliphatic carboxylic acids is 1. The van der Waals surface area contributed by atoms with Crippen molar-refractivity contribution in [1.82, 2.24) is 15.2 Å². The number of rotatable bonds is 8. The van der Waals surface area contributed by atoms with E-state index in [9.17, 15) is 14.4 Å². The highest BCUT2D eigenvalue weighted by molar-refractivity contribution is 5.87. The number of hydrogen-bond acceptors (Lipinski definition) is 4. The first-order valence-corrected chi connectivity index (χ1v) is 12.8. The van der Waals surface area contributed by atoms with Crippen molar-refractivity contribution in [2.45, 2.75) is 58.9 Å². The van der Waals surface area contributed by atoms with E-state index in [-0.39, 0.29) is 36.1 Å². The normalized spacial score (nSPS) is 15.6. The number of terminal acetylenes is 1. The van der Waals surface area contributed by atoms with Crippen molar-refractivity contribution in [3.63, 3.8) is 0 Å². The largest absolute Gasteiger partial charge is 0.481 e. The average molecular weight is 516 g/mol. The molecule has 2 aromatic rings. The Morgan fingerprint density at radius 3 is 2.45 bits per heavy atom. The van der Waals surface area contributed by atoms with Crippen LogP contribution in [0.25, 0.3) is 0 Å². The van der Waals surface area contributed by atoms with E-state index < -0.39 is 12.0 Å². The number of likely N-dealkylation sites (tertiary alicyclic amines) is 1. The van der Waals surface area contributed by atoms with Crippen LogP contribution in [-0.4, -0.2) is 51.9 Å². The van der Waals surface area contributed by atoms with Crippen LogP contribution >= 0.6 is 0 Å². The highest BCUT2D eigenvalue weighted by Crippen LogP contribution is 2.22. The molecule has 2 N–H and O–H groups in total. The van der Waals surface area contributed by atoms with Gasteiger partial charge in [-0.05, 0) is 76.3 Å². The number of piperidine rings is 1. The summed E-state index contributed by atoms with van der Waals surface area (Å²) in [4.78, 5) is 42.0. The predicted molar refractivity (Wildman–Crippen MR) is 148 cm³/mol. The molecule has 0 saturated carbocycles. The number of aryl methyl sites for hydroxylation is 1. The maximum Gasteiger partial charge on any atom is 0.306 e. The summed E-state index contributed by atoms with van der Waals surface area (Å²) in [6.07, 6.45) is 11.5. The molecular formula is C31H37N3O4. The van der Waals surface area contributed by atoms with Crippen LogP contribution < -0.4 is 5.32 Å². The van der Waals surface area contributed by atoms with Crippen molar-refractivity contribution in [3.8, 4) is 24.2 Å². The smallest absolute Gasteiger partial charge is 0.306 e. The third-order valence-corrected chi connectivity index (χ3v) is 5.78. The number of pyridine rings is 1. The van der Waals surface area contributed by atoms with Crippen LogP contribution in [0.5, 0.6) is 0 Å². The Morgan fingerprint density at radius 2 is 1.87 bits per heavy atom. The van der Waals surface area contributed by atoms with Gasteiger partial charge in [0.05, 0.1) is 13.0 Å². The second-order valence-corrected chi connectivity index (χ2v) is 10.2. The van der Waals surface area contributed by atoms with Crippen LogP contribution in [-0.2, 0) is 20.8 Å². The van der Waals surface area contributed by atoms with Crippen molar-refractivity contribution in [2.75, 3.05) is 13.1 Å². The Bertz CT molecular complexity index is 1150. The summed E-state index contributed by atoms with van der Waals surface area (Å²) in [5, 5.41) is 11.8. The van der Waals surface area contributed by atoms with Gasteiger partial charge in [0.2, 0.25) is 11.8 Å². The number of hydrogen-bond donors (Lipinski definition) is 2. The van der Waals surface area contributed by atoms with E-state index in [0.717, 1.165) is 36.8 Å². The van der Waals surface area contributed by atoms with Gasteiger partial charge in [-0.2, -0.15) is 0 Å². The number of aromatic nitrogens is 1. The van der Waals surface area contributed by atoms with Gasteiger partial charge in [-0.25, -0.2) is 0 Å². The fourth-order valence-corrected chi connectivity index (χ4v) is 3.90. The summed E-state index contributed by atoms with van der Waals surface area (Å²) in [6.45, 7) is 6.21. The molecule has 0 bridgehead atoms. The van der Waals surface area contributed by atoms with Crippen LogP contribution in [0.3, 0.4) is 0 Å². The molecule has 0 spiro atoms. The summed E-state index contributed by atoms with van der Waals surface area (Å²) in [5.41, 5.74) is 1.78. The zero-order chi connectivity index (χ0) is 28.0. The Kier molecular flexibility index (Phi) is 12.1. The quantitative estimate of drug-likeness (QED) is 0.519. The van der Waals surface area contributed by atoms with E-state index in [2.05, 4.69) is 28.1 Å². The number of carbonyl (C=O) groups is 3. The monoisotopic (exact) mass is 515 g/mol.